The third kappa shape index (κ3) is 8.22. The monoisotopic (exact) mass is 470 g/mol. The Hall–Kier alpha value is -2.78. The maximum Gasteiger partial charge on any atom is 0.159 e. The van der Waals surface area contributed by atoms with Crippen molar-refractivity contribution in [2.45, 2.75) is 26.1 Å². The normalized spacial score (nSPS) is 16.6. The Kier molecular flexibility index (Phi) is 9.59. The van der Waals surface area contributed by atoms with Gasteiger partial charge in [0.1, 0.15) is 36.9 Å². The van der Waals surface area contributed by atoms with E-state index in [1.165, 1.54) is 13.8 Å². The van der Waals surface area contributed by atoms with Crippen LogP contribution in [0.15, 0.2) is 48.5 Å². The van der Waals surface area contributed by atoms with Crippen molar-refractivity contribution in [1.29, 1.82) is 0 Å². The molecule has 0 aliphatic carbocycles. The molecule has 0 aromatic heterocycles. The van der Waals surface area contributed by atoms with Crippen LogP contribution in [-0.2, 0) is 0 Å². The lowest BCUT2D eigenvalue weighted by molar-refractivity contribution is 0.0240. The van der Waals surface area contributed by atoms with Gasteiger partial charge in [-0.3, -0.25) is 19.4 Å². The first-order valence-corrected chi connectivity index (χ1v) is 11.6. The van der Waals surface area contributed by atoms with Gasteiger partial charge in [-0.05, 0) is 62.4 Å². The maximum atomic E-state index is 11.3. The number of hydrogen-bond donors (Lipinski definition) is 2. The molecule has 8 nitrogen and oxygen atoms in total. The molecule has 0 saturated carbocycles. The van der Waals surface area contributed by atoms with Crippen molar-refractivity contribution in [2.75, 3.05) is 52.5 Å². The summed E-state index contributed by atoms with van der Waals surface area (Å²) in [7, 11) is 0. The molecule has 2 aromatic carbocycles. The van der Waals surface area contributed by atoms with Gasteiger partial charge in [0.2, 0.25) is 0 Å². The summed E-state index contributed by atoms with van der Waals surface area (Å²) >= 11 is 0. The minimum absolute atomic E-state index is 0.00575. The summed E-state index contributed by atoms with van der Waals surface area (Å²) in [6, 6.07) is 13.8. The van der Waals surface area contributed by atoms with Crippen molar-refractivity contribution < 1.29 is 29.3 Å². The van der Waals surface area contributed by atoms with Crippen LogP contribution in [0.5, 0.6) is 11.5 Å². The summed E-state index contributed by atoms with van der Waals surface area (Å²) in [5.41, 5.74) is 1.26. The van der Waals surface area contributed by atoms with Gasteiger partial charge in [-0.2, -0.15) is 0 Å². The molecular formula is C26H34N2O6. The molecule has 0 unspecified atom stereocenters. The number of benzene rings is 2. The zero-order valence-electron chi connectivity index (χ0n) is 19.9. The average molecular weight is 471 g/mol. The number of rotatable bonds is 12. The summed E-state index contributed by atoms with van der Waals surface area (Å²) in [4.78, 5) is 27.0. The summed E-state index contributed by atoms with van der Waals surface area (Å²) in [6.07, 6.45) is -1.24. The molecule has 2 atom stereocenters. The topological polar surface area (TPSA) is 99.5 Å². The second kappa shape index (κ2) is 12.6. The highest BCUT2D eigenvalue weighted by molar-refractivity contribution is 5.94. The Morgan fingerprint density at radius 2 is 1.03 bits per heavy atom. The van der Waals surface area contributed by atoms with Crippen LogP contribution >= 0.6 is 0 Å². The Bertz CT molecular complexity index is 846. The van der Waals surface area contributed by atoms with Gasteiger partial charge in [0, 0.05) is 50.4 Å². The van der Waals surface area contributed by atoms with E-state index in [1.807, 2.05) is 0 Å². The van der Waals surface area contributed by atoms with E-state index in [0.717, 1.165) is 26.2 Å². The molecule has 0 amide bonds. The van der Waals surface area contributed by atoms with Gasteiger partial charge in [0.05, 0.1) is 0 Å². The maximum absolute atomic E-state index is 11.3. The first-order chi connectivity index (χ1) is 16.3. The van der Waals surface area contributed by atoms with Gasteiger partial charge in [0.25, 0.3) is 0 Å². The number of aliphatic hydroxyl groups excluding tert-OH is 2. The second-order valence-corrected chi connectivity index (χ2v) is 8.69. The molecule has 2 aromatic rings. The number of β-amino-alcohol motifs (C(OH)–C–C–N with tert-alkyl or cyclic N) is 2. The Morgan fingerprint density at radius 1 is 0.706 bits per heavy atom. The molecule has 1 heterocycles. The van der Waals surface area contributed by atoms with Crippen LogP contribution in [0.4, 0.5) is 0 Å². The quantitative estimate of drug-likeness (QED) is 0.454. The molecule has 1 saturated heterocycles. The Balaban J connectivity index is 1.31. The first-order valence-electron chi connectivity index (χ1n) is 11.6. The fourth-order valence-corrected chi connectivity index (χ4v) is 3.81. The third-order valence-corrected chi connectivity index (χ3v) is 5.81. The number of nitrogens with zero attached hydrogens (tertiary/aromatic N) is 2. The van der Waals surface area contributed by atoms with Gasteiger partial charge < -0.3 is 19.7 Å². The summed E-state index contributed by atoms with van der Waals surface area (Å²) in [6.45, 7) is 7.62. The molecular weight excluding hydrogens is 436 g/mol. The zero-order chi connectivity index (χ0) is 24.5. The summed E-state index contributed by atoms with van der Waals surface area (Å²) in [5.74, 6) is 1.26. The molecule has 1 aliphatic rings. The van der Waals surface area contributed by atoms with E-state index in [-0.39, 0.29) is 24.8 Å². The number of ketones is 2. The number of piperazine rings is 1. The average Bonchev–Trinajstić information content (AvgIpc) is 2.83. The summed E-state index contributed by atoms with van der Waals surface area (Å²) in [5, 5.41) is 20.7. The lowest BCUT2D eigenvalue weighted by Gasteiger charge is -2.36. The van der Waals surface area contributed by atoms with Crippen molar-refractivity contribution in [1.82, 2.24) is 9.80 Å². The van der Waals surface area contributed by atoms with E-state index in [0.29, 0.717) is 35.7 Å². The van der Waals surface area contributed by atoms with Gasteiger partial charge in [-0.1, -0.05) is 0 Å². The third-order valence-electron chi connectivity index (χ3n) is 5.81. The largest absolute Gasteiger partial charge is 0.491 e. The van der Waals surface area contributed by atoms with Crippen LogP contribution in [0.3, 0.4) is 0 Å². The van der Waals surface area contributed by atoms with E-state index in [2.05, 4.69) is 9.80 Å². The van der Waals surface area contributed by atoms with Crippen LogP contribution < -0.4 is 9.47 Å². The highest BCUT2D eigenvalue weighted by atomic mass is 16.5. The fourth-order valence-electron chi connectivity index (χ4n) is 3.81. The van der Waals surface area contributed by atoms with Crippen molar-refractivity contribution in [3.8, 4) is 11.5 Å². The molecule has 34 heavy (non-hydrogen) atoms. The van der Waals surface area contributed by atoms with Crippen LogP contribution in [0.1, 0.15) is 34.6 Å². The van der Waals surface area contributed by atoms with Crippen LogP contribution in [0.2, 0.25) is 0 Å². The van der Waals surface area contributed by atoms with E-state index in [4.69, 9.17) is 9.47 Å². The molecule has 3 rings (SSSR count). The zero-order valence-corrected chi connectivity index (χ0v) is 19.9. The summed E-state index contributed by atoms with van der Waals surface area (Å²) < 4.78 is 11.3. The number of aliphatic hydroxyl groups is 2. The van der Waals surface area contributed by atoms with E-state index in [1.54, 1.807) is 48.5 Å². The Labute approximate surface area is 200 Å². The smallest absolute Gasteiger partial charge is 0.159 e. The van der Waals surface area contributed by atoms with Crippen molar-refractivity contribution in [3.63, 3.8) is 0 Å². The van der Waals surface area contributed by atoms with Crippen molar-refractivity contribution in [3.05, 3.63) is 59.7 Å². The van der Waals surface area contributed by atoms with Gasteiger partial charge in [-0.25, -0.2) is 0 Å². The highest BCUT2D eigenvalue weighted by Gasteiger charge is 2.21. The molecule has 8 heteroatoms. The van der Waals surface area contributed by atoms with Crippen LogP contribution in [0.25, 0.3) is 0 Å². The van der Waals surface area contributed by atoms with Gasteiger partial charge in [-0.15, -0.1) is 0 Å². The van der Waals surface area contributed by atoms with Crippen molar-refractivity contribution in [2.24, 2.45) is 0 Å². The van der Waals surface area contributed by atoms with E-state index in [9.17, 15) is 19.8 Å². The van der Waals surface area contributed by atoms with Crippen LogP contribution in [-0.4, -0.2) is 96.3 Å². The number of carbonyl (C=O) groups is 2. The minimum Gasteiger partial charge on any atom is -0.491 e. The molecule has 184 valence electrons. The number of hydrogen-bond acceptors (Lipinski definition) is 8. The molecule has 2 N–H and O–H groups in total. The van der Waals surface area contributed by atoms with E-state index >= 15 is 0 Å². The first kappa shape index (κ1) is 25.8. The minimum atomic E-state index is -0.618. The molecule has 0 radical (unpaired) electrons. The standard InChI is InChI=1S/C26H34N2O6/c1-19(29)21-3-7-25(8-4-21)33-17-23(31)15-27-11-13-28(14-12-27)16-24(32)18-34-26-9-5-22(6-10-26)20(2)30/h3-10,23-24,31-32H,11-18H2,1-2H3/t23-,24+. The number of Topliss-reactive ketones (excluding diaryl/α,β-unsaturated/α-hetero) is 2. The predicted octanol–water partition coefficient (Wildman–Crippen LogP) is 1.89. The number of carbonyl (C=O) groups excluding carboxylic acids is 2. The lowest BCUT2D eigenvalue weighted by Crippen LogP contribution is -2.51. The van der Waals surface area contributed by atoms with Crippen molar-refractivity contribution >= 4 is 11.6 Å². The number of ether oxygens (including phenoxy) is 2. The molecule has 1 aliphatic heterocycles. The molecule has 0 spiro atoms. The van der Waals surface area contributed by atoms with Gasteiger partial charge in [0.15, 0.2) is 11.6 Å². The predicted molar refractivity (Wildman–Crippen MR) is 129 cm³/mol. The van der Waals surface area contributed by atoms with E-state index < -0.39 is 12.2 Å². The SMILES string of the molecule is CC(=O)c1ccc(OC[C@@H](O)CN2CCN(C[C@@H](O)COc3ccc(C(C)=O)cc3)CC2)cc1. The fraction of sp³-hybridized carbons (Fsp3) is 0.462. The molecule has 0 bridgehead atoms. The van der Waals surface area contributed by atoms with Crippen LogP contribution in [0, 0.1) is 0 Å². The molecule has 1 fully saturated rings. The lowest BCUT2D eigenvalue weighted by atomic mass is 10.1. The second-order valence-electron chi connectivity index (χ2n) is 8.69. The Morgan fingerprint density at radius 3 is 1.32 bits per heavy atom. The highest BCUT2D eigenvalue weighted by Crippen LogP contribution is 2.14. The van der Waals surface area contributed by atoms with Gasteiger partial charge >= 0.3 is 0 Å².